The number of hydrogen-bond acceptors (Lipinski definition) is 3. The Kier molecular flexibility index (Phi) is 2.87. The Morgan fingerprint density at radius 3 is 2.54 bits per heavy atom. The van der Waals surface area contributed by atoms with Crippen LogP contribution in [0.3, 0.4) is 0 Å². The second-order valence-corrected chi connectivity index (χ2v) is 2.70. The SMILES string of the molecule is Nc1ncc(CCl)c(N)c1C(F)F. The van der Waals surface area contributed by atoms with Gasteiger partial charge in [-0.3, -0.25) is 0 Å². The number of hydrogen-bond donors (Lipinski definition) is 2. The van der Waals surface area contributed by atoms with Gasteiger partial charge in [-0.25, -0.2) is 13.8 Å². The van der Waals surface area contributed by atoms with Gasteiger partial charge in [0, 0.05) is 11.8 Å². The van der Waals surface area contributed by atoms with E-state index in [-0.39, 0.29) is 17.4 Å². The van der Waals surface area contributed by atoms with Crippen molar-refractivity contribution in [2.24, 2.45) is 0 Å². The normalized spacial score (nSPS) is 10.8. The molecule has 0 bridgehead atoms. The van der Waals surface area contributed by atoms with Crippen molar-refractivity contribution in [3.05, 3.63) is 17.3 Å². The standard InChI is InChI=1S/C7H8ClF2N3/c8-1-3-2-13-7(12)4(5(3)11)6(9)10/h2,6H,1H2,(H4,11,12,13). The molecule has 1 heterocycles. The van der Waals surface area contributed by atoms with Crippen LogP contribution in [0.5, 0.6) is 0 Å². The van der Waals surface area contributed by atoms with Gasteiger partial charge in [0.25, 0.3) is 6.43 Å². The molecule has 0 atom stereocenters. The largest absolute Gasteiger partial charge is 0.398 e. The molecule has 0 fully saturated rings. The zero-order chi connectivity index (χ0) is 10.0. The molecule has 1 aromatic rings. The van der Waals surface area contributed by atoms with E-state index in [0.717, 1.165) is 0 Å². The predicted molar refractivity (Wildman–Crippen MR) is 47.6 cm³/mol. The van der Waals surface area contributed by atoms with E-state index in [1.807, 2.05) is 0 Å². The van der Waals surface area contributed by atoms with Crippen LogP contribution in [-0.4, -0.2) is 4.98 Å². The topological polar surface area (TPSA) is 64.9 Å². The summed E-state index contributed by atoms with van der Waals surface area (Å²) in [6.45, 7) is 0. The van der Waals surface area contributed by atoms with Gasteiger partial charge in [0.2, 0.25) is 0 Å². The summed E-state index contributed by atoms with van der Waals surface area (Å²) in [7, 11) is 0. The van der Waals surface area contributed by atoms with Gasteiger partial charge in [0.05, 0.1) is 17.1 Å². The van der Waals surface area contributed by atoms with Crippen LogP contribution in [0.25, 0.3) is 0 Å². The van der Waals surface area contributed by atoms with Gasteiger partial charge in [0.15, 0.2) is 0 Å². The fourth-order valence-corrected chi connectivity index (χ4v) is 1.15. The highest BCUT2D eigenvalue weighted by Gasteiger charge is 2.18. The van der Waals surface area contributed by atoms with Crippen molar-refractivity contribution in [1.29, 1.82) is 0 Å². The first-order chi connectivity index (χ1) is 6.07. The second kappa shape index (κ2) is 3.74. The van der Waals surface area contributed by atoms with E-state index in [9.17, 15) is 8.78 Å². The molecule has 0 aliphatic rings. The number of halogens is 3. The minimum absolute atomic E-state index is 0.0405. The van der Waals surface area contributed by atoms with Crippen molar-refractivity contribution >= 4 is 23.1 Å². The minimum atomic E-state index is -2.73. The number of rotatable bonds is 2. The monoisotopic (exact) mass is 207 g/mol. The Hall–Kier alpha value is -1.10. The Bertz CT molecular complexity index is 317. The number of aromatic nitrogens is 1. The van der Waals surface area contributed by atoms with E-state index in [0.29, 0.717) is 5.56 Å². The van der Waals surface area contributed by atoms with E-state index in [1.165, 1.54) is 6.20 Å². The van der Waals surface area contributed by atoms with E-state index in [4.69, 9.17) is 23.1 Å². The first-order valence-electron chi connectivity index (χ1n) is 3.44. The maximum Gasteiger partial charge on any atom is 0.269 e. The molecular weight excluding hydrogens is 200 g/mol. The van der Waals surface area contributed by atoms with Crippen LogP contribution in [0.4, 0.5) is 20.3 Å². The van der Waals surface area contributed by atoms with Crippen molar-refractivity contribution in [2.75, 3.05) is 11.5 Å². The Morgan fingerprint density at radius 2 is 2.08 bits per heavy atom. The van der Waals surface area contributed by atoms with Gasteiger partial charge in [0.1, 0.15) is 5.82 Å². The number of nitrogens with zero attached hydrogens (tertiary/aromatic N) is 1. The highest BCUT2D eigenvalue weighted by molar-refractivity contribution is 6.17. The smallest absolute Gasteiger partial charge is 0.269 e. The third-order valence-electron chi connectivity index (χ3n) is 1.63. The number of anilines is 2. The molecule has 0 aliphatic carbocycles. The average molecular weight is 208 g/mol. The zero-order valence-corrected chi connectivity index (χ0v) is 7.35. The van der Waals surface area contributed by atoms with Crippen molar-refractivity contribution in [1.82, 2.24) is 4.98 Å². The second-order valence-electron chi connectivity index (χ2n) is 2.43. The number of alkyl halides is 3. The zero-order valence-electron chi connectivity index (χ0n) is 6.60. The summed E-state index contributed by atoms with van der Waals surface area (Å²) in [6.07, 6.45) is -1.43. The summed E-state index contributed by atoms with van der Waals surface area (Å²) in [5, 5.41) is 0. The Labute approximate surface area is 78.7 Å². The summed E-state index contributed by atoms with van der Waals surface area (Å²) in [5.74, 6) is -0.208. The fraction of sp³-hybridized carbons (Fsp3) is 0.286. The van der Waals surface area contributed by atoms with Crippen molar-refractivity contribution < 1.29 is 8.78 Å². The molecule has 0 aromatic carbocycles. The van der Waals surface area contributed by atoms with Crippen LogP contribution in [0, 0.1) is 0 Å². The average Bonchev–Trinajstić information content (AvgIpc) is 2.04. The van der Waals surface area contributed by atoms with Crippen LogP contribution in [0.15, 0.2) is 6.20 Å². The van der Waals surface area contributed by atoms with Crippen LogP contribution < -0.4 is 11.5 Å². The van der Waals surface area contributed by atoms with Gasteiger partial charge in [-0.15, -0.1) is 11.6 Å². The number of pyridine rings is 1. The third-order valence-corrected chi connectivity index (χ3v) is 1.92. The summed E-state index contributed by atoms with van der Waals surface area (Å²) in [5.41, 5.74) is 10.5. The lowest BCUT2D eigenvalue weighted by Crippen LogP contribution is -2.05. The molecule has 72 valence electrons. The molecule has 4 N–H and O–H groups in total. The Balaban J connectivity index is 3.30. The summed E-state index contributed by atoms with van der Waals surface area (Å²) >= 11 is 5.46. The van der Waals surface area contributed by atoms with Crippen molar-refractivity contribution in [2.45, 2.75) is 12.3 Å². The lowest BCUT2D eigenvalue weighted by molar-refractivity contribution is 0.152. The molecule has 1 aromatic heterocycles. The number of nitrogens with two attached hydrogens (primary N) is 2. The van der Waals surface area contributed by atoms with Crippen LogP contribution >= 0.6 is 11.6 Å². The molecule has 6 heteroatoms. The van der Waals surface area contributed by atoms with Crippen molar-refractivity contribution in [3.63, 3.8) is 0 Å². The van der Waals surface area contributed by atoms with E-state index in [1.54, 1.807) is 0 Å². The molecular formula is C7H8ClF2N3. The number of nitrogen functional groups attached to an aromatic ring is 2. The van der Waals surface area contributed by atoms with E-state index < -0.39 is 12.0 Å². The maximum atomic E-state index is 12.4. The predicted octanol–water partition coefficient (Wildman–Crippen LogP) is 1.92. The third kappa shape index (κ3) is 1.80. The molecule has 13 heavy (non-hydrogen) atoms. The molecule has 0 unspecified atom stereocenters. The van der Waals surface area contributed by atoms with Gasteiger partial charge >= 0.3 is 0 Å². The summed E-state index contributed by atoms with van der Waals surface area (Å²) in [4.78, 5) is 3.57. The van der Waals surface area contributed by atoms with Gasteiger partial charge in [-0.1, -0.05) is 0 Å². The van der Waals surface area contributed by atoms with Gasteiger partial charge in [-0.2, -0.15) is 0 Å². The van der Waals surface area contributed by atoms with Gasteiger partial charge in [-0.05, 0) is 0 Å². The summed E-state index contributed by atoms with van der Waals surface area (Å²) in [6, 6.07) is 0. The van der Waals surface area contributed by atoms with E-state index >= 15 is 0 Å². The summed E-state index contributed by atoms with van der Waals surface area (Å²) < 4.78 is 24.7. The first-order valence-corrected chi connectivity index (χ1v) is 3.98. The molecule has 0 saturated heterocycles. The Morgan fingerprint density at radius 1 is 1.46 bits per heavy atom. The first kappa shape index (κ1) is 9.98. The minimum Gasteiger partial charge on any atom is -0.398 e. The van der Waals surface area contributed by atoms with Crippen LogP contribution in [0.1, 0.15) is 17.6 Å². The van der Waals surface area contributed by atoms with Crippen LogP contribution in [0.2, 0.25) is 0 Å². The molecule has 0 spiro atoms. The van der Waals surface area contributed by atoms with Crippen LogP contribution in [-0.2, 0) is 5.88 Å². The molecule has 0 radical (unpaired) electrons. The fourth-order valence-electron chi connectivity index (χ4n) is 0.933. The molecule has 0 saturated carbocycles. The maximum absolute atomic E-state index is 12.4. The molecule has 1 rings (SSSR count). The highest BCUT2D eigenvalue weighted by Crippen LogP contribution is 2.31. The van der Waals surface area contributed by atoms with Gasteiger partial charge < -0.3 is 11.5 Å². The van der Waals surface area contributed by atoms with E-state index in [2.05, 4.69) is 4.98 Å². The van der Waals surface area contributed by atoms with Crippen molar-refractivity contribution in [3.8, 4) is 0 Å². The molecule has 0 aliphatic heterocycles. The lowest BCUT2D eigenvalue weighted by Gasteiger charge is -2.09. The lowest BCUT2D eigenvalue weighted by atomic mass is 10.1. The molecule has 0 amide bonds. The molecule has 3 nitrogen and oxygen atoms in total. The quantitative estimate of drug-likeness (QED) is 0.729. The highest BCUT2D eigenvalue weighted by atomic mass is 35.5.